The van der Waals surface area contributed by atoms with E-state index in [4.69, 9.17) is 18.9 Å². The minimum atomic E-state index is -0.471. The van der Waals surface area contributed by atoms with E-state index >= 15 is 0 Å². The molecule has 3 aromatic rings. The van der Waals surface area contributed by atoms with Gasteiger partial charge >= 0.3 is 5.97 Å². The van der Waals surface area contributed by atoms with Crippen LogP contribution in [0.25, 0.3) is 22.3 Å². The predicted molar refractivity (Wildman–Crippen MR) is 143 cm³/mol. The summed E-state index contributed by atoms with van der Waals surface area (Å²) in [7, 11) is 0. The van der Waals surface area contributed by atoms with Gasteiger partial charge < -0.3 is 18.9 Å². The molecule has 36 heavy (non-hydrogen) atoms. The molecule has 188 valence electrons. The highest BCUT2D eigenvalue weighted by Gasteiger charge is 2.32. The van der Waals surface area contributed by atoms with Crippen LogP contribution in [-0.4, -0.2) is 25.8 Å². The molecule has 0 radical (unpaired) electrons. The van der Waals surface area contributed by atoms with Crippen LogP contribution in [0.5, 0.6) is 23.0 Å². The maximum absolute atomic E-state index is 12.6. The van der Waals surface area contributed by atoms with Gasteiger partial charge in [0, 0.05) is 11.6 Å². The molecular weight excluding hydrogens is 452 g/mol. The normalized spacial score (nSPS) is 11.8. The van der Waals surface area contributed by atoms with Gasteiger partial charge in [-0.3, -0.25) is 0 Å². The number of carbonyl (C=O) groups is 1. The van der Waals surface area contributed by atoms with Gasteiger partial charge in [-0.05, 0) is 68.4 Å². The summed E-state index contributed by atoms with van der Waals surface area (Å²) in [6.45, 7) is 10.9. The Morgan fingerprint density at radius 1 is 0.778 bits per heavy atom. The van der Waals surface area contributed by atoms with Crippen molar-refractivity contribution in [2.75, 3.05) is 19.8 Å². The number of hydrogen-bond acceptors (Lipinski definition) is 5. The fourth-order valence-electron chi connectivity index (χ4n) is 4.91. The molecule has 1 aliphatic carbocycles. The van der Waals surface area contributed by atoms with Crippen molar-refractivity contribution in [1.29, 1.82) is 0 Å². The summed E-state index contributed by atoms with van der Waals surface area (Å²) < 4.78 is 24.6. The van der Waals surface area contributed by atoms with Crippen LogP contribution < -0.4 is 18.9 Å². The Kier molecular flexibility index (Phi) is 7.99. The maximum Gasteiger partial charge on any atom is 0.335 e. The monoisotopic (exact) mass is 486 g/mol. The van der Waals surface area contributed by atoms with Crippen molar-refractivity contribution in [1.82, 2.24) is 0 Å². The van der Waals surface area contributed by atoms with E-state index in [9.17, 15) is 4.79 Å². The van der Waals surface area contributed by atoms with E-state index in [0.717, 1.165) is 23.1 Å². The highest BCUT2D eigenvalue weighted by molar-refractivity contribution is 5.93. The van der Waals surface area contributed by atoms with Crippen LogP contribution in [0.1, 0.15) is 51.3 Å². The summed E-state index contributed by atoms with van der Waals surface area (Å²) in [6.07, 6.45) is 4.45. The summed E-state index contributed by atoms with van der Waals surface area (Å²) in [5.74, 6) is 1.52. The Labute approximate surface area is 213 Å². The molecule has 5 nitrogen and oxygen atoms in total. The molecule has 0 fully saturated rings. The first kappa shape index (κ1) is 25.4. The molecule has 3 aromatic carbocycles. The van der Waals surface area contributed by atoms with Crippen LogP contribution in [0.15, 0.2) is 54.6 Å². The number of hydrogen-bond donors (Lipinski definition) is 0. The van der Waals surface area contributed by atoms with Gasteiger partial charge in [-0.1, -0.05) is 55.5 Å². The summed E-state index contributed by atoms with van der Waals surface area (Å²) in [6, 6.07) is 14.9. The Morgan fingerprint density at radius 2 is 1.42 bits per heavy atom. The van der Waals surface area contributed by atoms with Gasteiger partial charge in [-0.25, -0.2) is 4.79 Å². The van der Waals surface area contributed by atoms with E-state index in [2.05, 4.69) is 42.5 Å². The van der Waals surface area contributed by atoms with E-state index in [0.29, 0.717) is 49.2 Å². The lowest BCUT2D eigenvalue weighted by atomic mass is 9.91. The lowest BCUT2D eigenvalue weighted by Crippen LogP contribution is -2.12. The van der Waals surface area contributed by atoms with Gasteiger partial charge in [-0.2, -0.15) is 0 Å². The molecule has 1 aliphatic rings. The average Bonchev–Trinajstić information content (AvgIpc) is 3.26. The highest BCUT2D eigenvalue weighted by atomic mass is 16.6. The van der Waals surface area contributed by atoms with E-state index in [1.54, 1.807) is 13.0 Å². The van der Waals surface area contributed by atoms with Crippen molar-refractivity contribution < 1.29 is 23.7 Å². The van der Waals surface area contributed by atoms with Crippen LogP contribution >= 0.6 is 0 Å². The molecule has 0 saturated heterocycles. The van der Waals surface area contributed by atoms with Crippen LogP contribution in [0.4, 0.5) is 0 Å². The van der Waals surface area contributed by atoms with Crippen molar-refractivity contribution in [3.63, 3.8) is 0 Å². The van der Waals surface area contributed by atoms with E-state index < -0.39 is 5.97 Å². The largest absolute Gasteiger partial charge is 0.493 e. The zero-order valence-corrected chi connectivity index (χ0v) is 21.8. The third-order valence-corrected chi connectivity index (χ3v) is 6.26. The first-order chi connectivity index (χ1) is 17.6. The molecule has 0 atom stereocenters. The van der Waals surface area contributed by atoms with Crippen molar-refractivity contribution in [3.05, 3.63) is 71.3 Å². The SMILES string of the molecule is CC=CC(=O)Oc1c(CC)c(OCC)c(-c2cccc3c2Cc2ccccc2-3)c(OCC)c1OCC. The quantitative estimate of drug-likeness (QED) is 0.135. The zero-order valence-electron chi connectivity index (χ0n) is 21.8. The van der Waals surface area contributed by atoms with Crippen molar-refractivity contribution >= 4 is 5.97 Å². The first-order valence-corrected chi connectivity index (χ1v) is 12.8. The van der Waals surface area contributed by atoms with Crippen molar-refractivity contribution in [2.45, 2.75) is 47.5 Å². The molecular formula is C31H34O5. The van der Waals surface area contributed by atoms with E-state index in [-0.39, 0.29) is 0 Å². The second-order valence-corrected chi connectivity index (χ2v) is 8.41. The Bertz CT molecular complexity index is 1290. The molecule has 0 bridgehead atoms. The average molecular weight is 487 g/mol. The van der Waals surface area contributed by atoms with Gasteiger partial charge in [0.05, 0.1) is 25.4 Å². The van der Waals surface area contributed by atoms with E-state index in [1.165, 1.54) is 28.3 Å². The molecule has 0 aromatic heterocycles. The fraction of sp³-hybridized carbons (Fsp3) is 0.323. The maximum atomic E-state index is 12.6. The van der Waals surface area contributed by atoms with Crippen LogP contribution in [0.2, 0.25) is 0 Å². The Morgan fingerprint density at radius 3 is 2.11 bits per heavy atom. The minimum Gasteiger partial charge on any atom is -0.493 e. The number of benzene rings is 3. The third-order valence-electron chi connectivity index (χ3n) is 6.26. The second-order valence-electron chi connectivity index (χ2n) is 8.41. The fourth-order valence-corrected chi connectivity index (χ4v) is 4.91. The minimum absolute atomic E-state index is 0.356. The lowest BCUT2D eigenvalue weighted by Gasteiger charge is -2.25. The van der Waals surface area contributed by atoms with Gasteiger partial charge in [-0.15, -0.1) is 0 Å². The van der Waals surface area contributed by atoms with Gasteiger partial charge in [0.25, 0.3) is 0 Å². The molecule has 0 unspecified atom stereocenters. The number of allylic oxidation sites excluding steroid dienone is 1. The van der Waals surface area contributed by atoms with Gasteiger partial charge in [0.1, 0.15) is 5.75 Å². The summed E-state index contributed by atoms with van der Waals surface area (Å²) in [5.41, 5.74) is 7.66. The van der Waals surface area contributed by atoms with Crippen LogP contribution in [0.3, 0.4) is 0 Å². The number of rotatable bonds is 10. The van der Waals surface area contributed by atoms with Crippen LogP contribution in [-0.2, 0) is 17.6 Å². The molecule has 4 rings (SSSR count). The highest BCUT2D eigenvalue weighted by Crippen LogP contribution is 2.56. The topological polar surface area (TPSA) is 54.0 Å². The molecule has 0 heterocycles. The lowest BCUT2D eigenvalue weighted by molar-refractivity contribution is -0.129. The number of esters is 1. The summed E-state index contributed by atoms with van der Waals surface area (Å²) in [5, 5.41) is 0. The predicted octanol–water partition coefficient (Wildman–Crippen LogP) is 7.16. The van der Waals surface area contributed by atoms with Crippen molar-refractivity contribution in [2.24, 2.45) is 0 Å². The second kappa shape index (κ2) is 11.3. The molecule has 0 amide bonds. The van der Waals surface area contributed by atoms with Crippen LogP contribution in [0, 0.1) is 0 Å². The Balaban J connectivity index is 2.07. The van der Waals surface area contributed by atoms with Gasteiger partial charge in [0.2, 0.25) is 5.75 Å². The summed E-state index contributed by atoms with van der Waals surface area (Å²) >= 11 is 0. The zero-order chi connectivity index (χ0) is 25.7. The third kappa shape index (κ3) is 4.58. The number of fused-ring (bicyclic) bond motifs is 3. The number of carbonyl (C=O) groups excluding carboxylic acids is 1. The Hall–Kier alpha value is -3.73. The summed E-state index contributed by atoms with van der Waals surface area (Å²) in [4.78, 5) is 12.6. The first-order valence-electron chi connectivity index (χ1n) is 12.8. The molecule has 0 aliphatic heterocycles. The molecule has 0 saturated carbocycles. The standard InChI is InChI=1S/C31H34O5/c1-6-14-26(32)36-29-21(7-2)28(33-8-3)27(30(34-9-4)31(29)35-10-5)24-18-13-17-23-22-16-12-11-15-20(22)19-25(23)24/h6,11-18H,7-10,19H2,1-5H3. The molecule has 0 N–H and O–H groups in total. The smallest absolute Gasteiger partial charge is 0.335 e. The molecule has 0 spiro atoms. The number of ether oxygens (including phenoxy) is 4. The van der Waals surface area contributed by atoms with E-state index in [1.807, 2.05) is 27.7 Å². The van der Waals surface area contributed by atoms with Gasteiger partial charge in [0.15, 0.2) is 11.5 Å². The van der Waals surface area contributed by atoms with Crippen molar-refractivity contribution in [3.8, 4) is 45.3 Å². The molecule has 5 heteroatoms.